The zero-order valence-electron chi connectivity index (χ0n) is 14.7. The molecule has 4 bridgehead atoms. The standard InChI is InChI=1S/C21H30N2/c1-15-4-3-5-16(2)20(15)22-6-7-23(14-22)21-11-17-8-18(12-21)10-19(9-17)13-21/h3-5,17-19H,6-14H2,1-2H3. The Labute approximate surface area is 140 Å². The minimum atomic E-state index is 0.570. The number of nitrogens with zero attached hydrogens (tertiary/aromatic N) is 2. The van der Waals surface area contributed by atoms with E-state index in [1.807, 2.05) is 0 Å². The molecule has 0 radical (unpaired) electrons. The fourth-order valence-corrected chi connectivity index (χ4v) is 6.92. The maximum Gasteiger partial charge on any atom is 0.0713 e. The molecule has 1 heterocycles. The summed E-state index contributed by atoms with van der Waals surface area (Å²) in [6.45, 7) is 8.21. The van der Waals surface area contributed by atoms with Gasteiger partial charge in [-0.2, -0.15) is 0 Å². The van der Waals surface area contributed by atoms with E-state index in [9.17, 15) is 0 Å². The van der Waals surface area contributed by atoms with Crippen LogP contribution in [0.2, 0.25) is 0 Å². The van der Waals surface area contributed by atoms with Gasteiger partial charge in [-0.3, -0.25) is 4.90 Å². The molecule has 5 aliphatic rings. The second-order valence-electron chi connectivity index (χ2n) is 9.05. The van der Waals surface area contributed by atoms with E-state index in [-0.39, 0.29) is 0 Å². The second kappa shape index (κ2) is 4.99. The maximum atomic E-state index is 2.89. The number of hydrogen-bond acceptors (Lipinski definition) is 2. The van der Waals surface area contributed by atoms with E-state index in [1.165, 1.54) is 49.2 Å². The van der Waals surface area contributed by atoms with Gasteiger partial charge in [-0.1, -0.05) is 18.2 Å². The Kier molecular flexibility index (Phi) is 3.11. The van der Waals surface area contributed by atoms with Gasteiger partial charge in [0.05, 0.1) is 6.67 Å². The van der Waals surface area contributed by atoms with Crippen LogP contribution in [-0.2, 0) is 0 Å². The lowest BCUT2D eigenvalue weighted by atomic mass is 9.52. The van der Waals surface area contributed by atoms with Gasteiger partial charge in [0.15, 0.2) is 0 Å². The van der Waals surface area contributed by atoms with Crippen molar-refractivity contribution in [3.05, 3.63) is 29.3 Å². The van der Waals surface area contributed by atoms with E-state index in [0.717, 1.165) is 24.4 Å². The summed E-state index contributed by atoms with van der Waals surface area (Å²) in [5.74, 6) is 3.15. The minimum absolute atomic E-state index is 0.570. The van der Waals surface area contributed by atoms with E-state index in [2.05, 4.69) is 41.8 Å². The summed E-state index contributed by atoms with van der Waals surface area (Å²) in [6.07, 6.45) is 9.15. The number of benzene rings is 1. The Morgan fingerprint density at radius 1 is 0.870 bits per heavy atom. The lowest BCUT2D eigenvalue weighted by molar-refractivity contribution is -0.0797. The van der Waals surface area contributed by atoms with Gasteiger partial charge in [-0.15, -0.1) is 0 Å². The molecule has 2 nitrogen and oxygen atoms in total. The summed E-state index contributed by atoms with van der Waals surface area (Å²) < 4.78 is 0. The van der Waals surface area contributed by atoms with Gasteiger partial charge in [0.25, 0.3) is 0 Å². The molecule has 0 unspecified atom stereocenters. The molecule has 6 rings (SSSR count). The first-order valence-electron chi connectivity index (χ1n) is 9.69. The molecule has 0 amide bonds. The first-order valence-corrected chi connectivity index (χ1v) is 9.69. The Balaban J connectivity index is 1.40. The Bertz CT molecular complexity index is 565. The van der Waals surface area contributed by atoms with Gasteiger partial charge in [0.2, 0.25) is 0 Å². The van der Waals surface area contributed by atoms with Crippen molar-refractivity contribution in [1.29, 1.82) is 0 Å². The predicted molar refractivity (Wildman–Crippen MR) is 95.7 cm³/mol. The number of hydrogen-bond donors (Lipinski definition) is 0. The van der Waals surface area contributed by atoms with Crippen LogP contribution in [0.15, 0.2) is 18.2 Å². The summed E-state index contributed by atoms with van der Waals surface area (Å²) in [5.41, 5.74) is 4.95. The molecule has 1 aromatic carbocycles. The largest absolute Gasteiger partial charge is 0.357 e. The molecule has 1 aromatic rings. The van der Waals surface area contributed by atoms with Gasteiger partial charge < -0.3 is 4.90 Å². The zero-order valence-corrected chi connectivity index (χ0v) is 14.7. The first kappa shape index (κ1) is 14.3. The van der Waals surface area contributed by atoms with Crippen LogP contribution in [0, 0.1) is 31.6 Å². The monoisotopic (exact) mass is 310 g/mol. The average Bonchev–Trinajstić information content (AvgIpc) is 2.96. The summed E-state index contributed by atoms with van der Waals surface area (Å²) in [7, 11) is 0. The summed E-state index contributed by atoms with van der Waals surface area (Å²) >= 11 is 0. The topological polar surface area (TPSA) is 6.48 Å². The van der Waals surface area contributed by atoms with Crippen molar-refractivity contribution >= 4 is 5.69 Å². The molecular weight excluding hydrogens is 280 g/mol. The van der Waals surface area contributed by atoms with Crippen LogP contribution in [0.1, 0.15) is 49.7 Å². The number of aryl methyl sites for hydroxylation is 2. The molecule has 4 aliphatic carbocycles. The number of anilines is 1. The quantitative estimate of drug-likeness (QED) is 0.801. The van der Waals surface area contributed by atoms with Crippen LogP contribution in [-0.4, -0.2) is 30.2 Å². The molecule has 0 aromatic heterocycles. The van der Waals surface area contributed by atoms with Crippen LogP contribution in [0.4, 0.5) is 5.69 Å². The predicted octanol–water partition coefficient (Wildman–Crippen LogP) is 4.35. The Morgan fingerprint density at radius 2 is 1.43 bits per heavy atom. The summed E-state index contributed by atoms with van der Waals surface area (Å²) in [4.78, 5) is 5.55. The van der Waals surface area contributed by atoms with Crippen LogP contribution in [0.25, 0.3) is 0 Å². The molecule has 124 valence electrons. The van der Waals surface area contributed by atoms with Crippen molar-refractivity contribution in [1.82, 2.24) is 4.90 Å². The third-order valence-corrected chi connectivity index (χ3v) is 7.41. The van der Waals surface area contributed by atoms with Crippen molar-refractivity contribution in [3.8, 4) is 0 Å². The van der Waals surface area contributed by atoms with Gasteiger partial charge in [0.1, 0.15) is 0 Å². The molecule has 0 N–H and O–H groups in total. The highest BCUT2D eigenvalue weighted by molar-refractivity contribution is 5.59. The van der Waals surface area contributed by atoms with Crippen molar-refractivity contribution in [3.63, 3.8) is 0 Å². The van der Waals surface area contributed by atoms with Crippen LogP contribution in [0.5, 0.6) is 0 Å². The molecule has 4 saturated carbocycles. The normalized spacial score (nSPS) is 39.4. The van der Waals surface area contributed by atoms with Crippen molar-refractivity contribution < 1.29 is 0 Å². The SMILES string of the molecule is Cc1cccc(C)c1N1CCN(C23CC4CC(CC(C4)C2)C3)C1. The zero-order chi connectivity index (χ0) is 15.6. The van der Waals surface area contributed by atoms with E-state index >= 15 is 0 Å². The lowest BCUT2D eigenvalue weighted by Gasteiger charge is -2.60. The number of para-hydroxylation sites is 1. The van der Waals surface area contributed by atoms with Crippen LogP contribution >= 0.6 is 0 Å². The molecule has 2 heteroatoms. The average molecular weight is 310 g/mol. The van der Waals surface area contributed by atoms with Crippen LogP contribution < -0.4 is 4.90 Å². The van der Waals surface area contributed by atoms with Gasteiger partial charge in [0, 0.05) is 24.3 Å². The van der Waals surface area contributed by atoms with Crippen molar-refractivity contribution in [2.45, 2.75) is 57.9 Å². The van der Waals surface area contributed by atoms with E-state index in [1.54, 1.807) is 19.3 Å². The third-order valence-electron chi connectivity index (χ3n) is 7.41. The summed E-state index contributed by atoms with van der Waals surface area (Å²) in [5, 5.41) is 0. The summed E-state index contributed by atoms with van der Waals surface area (Å²) in [6, 6.07) is 6.74. The molecule has 0 atom stereocenters. The lowest BCUT2D eigenvalue weighted by Crippen LogP contribution is -2.59. The van der Waals surface area contributed by atoms with Gasteiger partial charge in [-0.25, -0.2) is 0 Å². The van der Waals surface area contributed by atoms with E-state index < -0.39 is 0 Å². The number of rotatable bonds is 2. The molecule has 0 spiro atoms. The third kappa shape index (κ3) is 2.17. The first-order chi connectivity index (χ1) is 11.1. The highest BCUT2D eigenvalue weighted by atomic mass is 15.4. The molecule has 1 saturated heterocycles. The molecule has 23 heavy (non-hydrogen) atoms. The molecule has 5 fully saturated rings. The van der Waals surface area contributed by atoms with Crippen LogP contribution in [0.3, 0.4) is 0 Å². The van der Waals surface area contributed by atoms with Crippen molar-refractivity contribution in [2.24, 2.45) is 17.8 Å². The maximum absolute atomic E-state index is 2.89. The van der Waals surface area contributed by atoms with Gasteiger partial charge in [-0.05, 0) is 81.3 Å². The molecular formula is C21H30N2. The fourth-order valence-electron chi connectivity index (χ4n) is 6.92. The van der Waals surface area contributed by atoms with Gasteiger partial charge >= 0.3 is 0 Å². The fraction of sp³-hybridized carbons (Fsp3) is 0.714. The highest BCUT2D eigenvalue weighted by Gasteiger charge is 2.54. The second-order valence-corrected chi connectivity index (χ2v) is 9.05. The van der Waals surface area contributed by atoms with Crippen molar-refractivity contribution in [2.75, 3.05) is 24.7 Å². The van der Waals surface area contributed by atoms with E-state index in [0.29, 0.717) is 5.54 Å². The Morgan fingerprint density at radius 3 is 2.00 bits per heavy atom. The highest BCUT2D eigenvalue weighted by Crippen LogP contribution is 2.58. The Hall–Kier alpha value is -1.02. The van der Waals surface area contributed by atoms with E-state index in [4.69, 9.17) is 0 Å². The smallest absolute Gasteiger partial charge is 0.0713 e. The minimum Gasteiger partial charge on any atom is -0.357 e. The molecule has 1 aliphatic heterocycles.